The molecule has 0 aliphatic rings. The second-order valence-corrected chi connectivity index (χ2v) is 17.8. The molecule has 1 atom stereocenters. The molecule has 360 valence electrons. The van der Waals surface area contributed by atoms with Gasteiger partial charge in [-0.25, -0.2) is 0 Å². The molecular formula is C56H100O6. The summed E-state index contributed by atoms with van der Waals surface area (Å²) in [6, 6.07) is 0. The van der Waals surface area contributed by atoms with Crippen LogP contribution < -0.4 is 0 Å². The fraction of sp³-hybridized carbons (Fsp3) is 0.804. The molecule has 0 aliphatic carbocycles. The predicted octanol–water partition coefficient (Wildman–Crippen LogP) is 17.5. The zero-order valence-corrected chi connectivity index (χ0v) is 41.1. The van der Waals surface area contributed by atoms with Gasteiger partial charge in [0.05, 0.1) is 0 Å². The molecule has 0 aromatic rings. The average Bonchev–Trinajstić information content (AvgIpc) is 3.27. The van der Waals surface area contributed by atoms with Crippen molar-refractivity contribution in [3.05, 3.63) is 48.6 Å². The Bertz CT molecular complexity index is 1090. The number of rotatable bonds is 48. The number of hydrogen-bond donors (Lipinski definition) is 0. The minimum Gasteiger partial charge on any atom is -0.462 e. The van der Waals surface area contributed by atoms with Crippen LogP contribution in [0.25, 0.3) is 0 Å². The van der Waals surface area contributed by atoms with Crippen molar-refractivity contribution in [3.8, 4) is 0 Å². The number of unbranched alkanes of at least 4 members (excludes halogenated alkanes) is 31. The second kappa shape index (κ2) is 51.0. The van der Waals surface area contributed by atoms with Gasteiger partial charge in [-0.2, -0.15) is 0 Å². The normalized spacial score (nSPS) is 12.4. The van der Waals surface area contributed by atoms with Crippen molar-refractivity contribution in [2.75, 3.05) is 13.2 Å². The van der Waals surface area contributed by atoms with Crippen molar-refractivity contribution in [3.63, 3.8) is 0 Å². The molecule has 0 fully saturated rings. The molecule has 0 aliphatic heterocycles. The minimum atomic E-state index is -0.782. The largest absolute Gasteiger partial charge is 0.462 e. The van der Waals surface area contributed by atoms with Crippen LogP contribution in [0.2, 0.25) is 0 Å². The first kappa shape index (κ1) is 59.4. The summed E-state index contributed by atoms with van der Waals surface area (Å²) in [6.45, 7) is 6.50. The molecular weight excluding hydrogens is 769 g/mol. The van der Waals surface area contributed by atoms with E-state index in [1.807, 2.05) is 0 Å². The molecule has 0 saturated heterocycles. The standard InChI is InChI=1S/C56H100O6/c1-4-7-10-13-16-19-22-25-27-29-31-34-37-40-43-46-49-55(58)61-52-53(51-60-54(57)48-45-42-39-36-33-30-24-21-18-15-12-9-6-3)62-56(59)50-47-44-41-38-35-32-28-26-23-20-17-14-11-8-5-2/h8,11,14,17,20,23,30,33,53H,4-7,9-10,12-13,15-16,18-19,21-22,24-29,31-32,34-52H2,1-3H3/b11-8-,17-14-,23-20-,33-30-. The molecule has 0 heterocycles. The first-order chi connectivity index (χ1) is 30.5. The van der Waals surface area contributed by atoms with Gasteiger partial charge >= 0.3 is 17.9 Å². The van der Waals surface area contributed by atoms with E-state index >= 15 is 0 Å². The van der Waals surface area contributed by atoms with E-state index in [0.29, 0.717) is 19.3 Å². The van der Waals surface area contributed by atoms with Gasteiger partial charge in [0.2, 0.25) is 0 Å². The van der Waals surface area contributed by atoms with E-state index < -0.39 is 6.10 Å². The Morgan fingerprint density at radius 2 is 0.645 bits per heavy atom. The highest BCUT2D eigenvalue weighted by Gasteiger charge is 2.19. The molecule has 6 heteroatoms. The van der Waals surface area contributed by atoms with Crippen LogP contribution >= 0.6 is 0 Å². The third-order valence-electron chi connectivity index (χ3n) is 11.6. The van der Waals surface area contributed by atoms with E-state index in [-0.39, 0.29) is 31.1 Å². The first-order valence-corrected chi connectivity index (χ1v) is 26.7. The molecule has 62 heavy (non-hydrogen) atoms. The molecule has 0 N–H and O–H groups in total. The van der Waals surface area contributed by atoms with E-state index in [1.165, 1.54) is 148 Å². The third kappa shape index (κ3) is 48.4. The summed E-state index contributed by atoms with van der Waals surface area (Å²) in [7, 11) is 0. The zero-order valence-electron chi connectivity index (χ0n) is 41.1. The second-order valence-electron chi connectivity index (χ2n) is 17.8. The van der Waals surface area contributed by atoms with Gasteiger partial charge in [-0.3, -0.25) is 14.4 Å². The lowest BCUT2D eigenvalue weighted by Gasteiger charge is -2.18. The highest BCUT2D eigenvalue weighted by molar-refractivity contribution is 5.71. The van der Waals surface area contributed by atoms with Gasteiger partial charge in [-0.1, -0.05) is 236 Å². The van der Waals surface area contributed by atoms with Gasteiger partial charge in [-0.05, 0) is 64.2 Å². The molecule has 6 nitrogen and oxygen atoms in total. The number of carbonyl (C=O) groups excluding carboxylic acids is 3. The van der Waals surface area contributed by atoms with Crippen molar-refractivity contribution < 1.29 is 28.6 Å². The van der Waals surface area contributed by atoms with Crippen molar-refractivity contribution in [2.45, 2.75) is 277 Å². The number of carbonyl (C=O) groups is 3. The average molecular weight is 869 g/mol. The third-order valence-corrected chi connectivity index (χ3v) is 11.6. The van der Waals surface area contributed by atoms with Gasteiger partial charge in [0.15, 0.2) is 6.10 Å². The van der Waals surface area contributed by atoms with Gasteiger partial charge in [0, 0.05) is 19.3 Å². The molecule has 0 aromatic carbocycles. The molecule has 1 unspecified atom stereocenters. The van der Waals surface area contributed by atoms with Crippen LogP contribution in [0.4, 0.5) is 0 Å². The Balaban J connectivity index is 4.38. The first-order valence-electron chi connectivity index (χ1n) is 26.7. The maximum atomic E-state index is 12.8. The number of esters is 3. The quantitative estimate of drug-likeness (QED) is 0.0199. The van der Waals surface area contributed by atoms with Crippen LogP contribution in [0, 0.1) is 0 Å². The summed E-state index contributed by atoms with van der Waals surface area (Å²) in [6.07, 6.45) is 60.9. The van der Waals surface area contributed by atoms with Crippen LogP contribution in [-0.2, 0) is 28.6 Å². The van der Waals surface area contributed by atoms with Gasteiger partial charge in [0.25, 0.3) is 0 Å². The minimum absolute atomic E-state index is 0.0802. The molecule has 0 saturated carbocycles. The summed E-state index contributed by atoms with van der Waals surface area (Å²) in [4.78, 5) is 38.0. The van der Waals surface area contributed by atoms with Crippen LogP contribution in [0.5, 0.6) is 0 Å². The summed E-state index contributed by atoms with van der Waals surface area (Å²) < 4.78 is 16.8. The highest BCUT2D eigenvalue weighted by atomic mass is 16.6. The number of hydrogen-bond acceptors (Lipinski definition) is 6. The van der Waals surface area contributed by atoms with E-state index in [0.717, 1.165) is 83.5 Å². The Morgan fingerprint density at radius 3 is 1.03 bits per heavy atom. The molecule has 0 radical (unpaired) electrons. The molecule has 0 bridgehead atoms. The fourth-order valence-electron chi connectivity index (χ4n) is 7.61. The molecule has 0 aromatic heterocycles. The molecule has 0 amide bonds. The maximum Gasteiger partial charge on any atom is 0.306 e. The SMILES string of the molecule is CC\C=C/C=C\C=C/CCCCCCCCCC(=O)OC(COC(=O)CCCCC/C=C\CCCCCCCC)COC(=O)CCCCCCCCCCCCCCCCCC. The monoisotopic (exact) mass is 869 g/mol. The summed E-state index contributed by atoms with van der Waals surface area (Å²) >= 11 is 0. The Labute approximate surface area is 384 Å². The van der Waals surface area contributed by atoms with Crippen molar-refractivity contribution in [1.29, 1.82) is 0 Å². The van der Waals surface area contributed by atoms with Crippen LogP contribution in [0.1, 0.15) is 271 Å². The van der Waals surface area contributed by atoms with E-state index in [4.69, 9.17) is 14.2 Å². The van der Waals surface area contributed by atoms with E-state index in [1.54, 1.807) is 0 Å². The maximum absolute atomic E-state index is 12.8. The van der Waals surface area contributed by atoms with E-state index in [2.05, 4.69) is 69.4 Å². The predicted molar refractivity (Wildman–Crippen MR) is 265 cm³/mol. The zero-order chi connectivity index (χ0) is 45.1. The van der Waals surface area contributed by atoms with Crippen molar-refractivity contribution in [2.24, 2.45) is 0 Å². The Kier molecular flexibility index (Phi) is 48.8. The van der Waals surface area contributed by atoms with E-state index in [9.17, 15) is 14.4 Å². The summed E-state index contributed by atoms with van der Waals surface area (Å²) in [5.41, 5.74) is 0. The lowest BCUT2D eigenvalue weighted by molar-refractivity contribution is -0.167. The highest BCUT2D eigenvalue weighted by Crippen LogP contribution is 2.16. The summed E-state index contributed by atoms with van der Waals surface area (Å²) in [5, 5.41) is 0. The van der Waals surface area contributed by atoms with Crippen LogP contribution in [0.3, 0.4) is 0 Å². The number of allylic oxidation sites excluding steroid dienone is 8. The smallest absolute Gasteiger partial charge is 0.306 e. The van der Waals surface area contributed by atoms with Crippen LogP contribution in [-0.4, -0.2) is 37.2 Å². The molecule has 0 rings (SSSR count). The van der Waals surface area contributed by atoms with Gasteiger partial charge in [-0.15, -0.1) is 0 Å². The molecule has 0 spiro atoms. The van der Waals surface area contributed by atoms with Crippen LogP contribution in [0.15, 0.2) is 48.6 Å². The number of ether oxygens (including phenoxy) is 3. The fourth-order valence-corrected chi connectivity index (χ4v) is 7.61. The topological polar surface area (TPSA) is 78.9 Å². The van der Waals surface area contributed by atoms with Crippen molar-refractivity contribution >= 4 is 17.9 Å². The lowest BCUT2D eigenvalue weighted by atomic mass is 10.0. The Hall–Kier alpha value is -2.63. The van der Waals surface area contributed by atoms with Gasteiger partial charge in [0.1, 0.15) is 13.2 Å². The Morgan fingerprint density at radius 1 is 0.339 bits per heavy atom. The van der Waals surface area contributed by atoms with Gasteiger partial charge < -0.3 is 14.2 Å². The summed E-state index contributed by atoms with van der Waals surface area (Å²) in [5.74, 6) is -0.899. The van der Waals surface area contributed by atoms with Crippen molar-refractivity contribution in [1.82, 2.24) is 0 Å². The lowest BCUT2D eigenvalue weighted by Crippen LogP contribution is -2.30.